The molecule has 0 radical (unpaired) electrons. The second kappa shape index (κ2) is 14.2. The van der Waals surface area contributed by atoms with Gasteiger partial charge in [0.2, 0.25) is 0 Å². The molecule has 0 unspecified atom stereocenters. The Morgan fingerprint density at radius 3 is 2.02 bits per heavy atom. The molecule has 1 fully saturated rings. The summed E-state index contributed by atoms with van der Waals surface area (Å²) in [6, 6.07) is 24.4. The van der Waals surface area contributed by atoms with Crippen molar-refractivity contribution in [1.82, 2.24) is 9.55 Å². The highest BCUT2D eigenvalue weighted by molar-refractivity contribution is 5.49. The maximum atomic E-state index is 12.9. The highest BCUT2D eigenvalue weighted by Gasteiger charge is 2.48. The van der Waals surface area contributed by atoms with Gasteiger partial charge in [0, 0.05) is 18.9 Å². The maximum absolute atomic E-state index is 12.9. The number of ether oxygens (including phenoxy) is 6. The summed E-state index contributed by atoms with van der Waals surface area (Å²) < 4.78 is 45.1. The zero-order chi connectivity index (χ0) is 32.9. The van der Waals surface area contributed by atoms with Gasteiger partial charge in [0.25, 0.3) is 5.56 Å². The van der Waals surface area contributed by atoms with Crippen molar-refractivity contribution >= 4 is 0 Å². The molecule has 238 valence electrons. The number of aliphatic hydroxyl groups is 1. The second-order valence-corrected chi connectivity index (χ2v) is 10.5. The van der Waals surface area contributed by atoms with Crippen molar-refractivity contribution < 1.29 is 34.9 Å². The van der Waals surface area contributed by atoms with Gasteiger partial charge in [-0.25, -0.2) is 4.79 Å². The molecule has 5 rings (SSSR count). The number of benzene rings is 3. The first kappa shape index (κ1) is 30.8. The number of rotatable bonds is 13. The number of aromatic nitrogens is 2. The Hall–Kier alpha value is -4.26. The largest absolute Gasteiger partial charge is 0.497 e. The predicted molar refractivity (Wildman–Crippen MR) is 166 cm³/mol. The minimum atomic E-state index is -2.38. The smallest absolute Gasteiger partial charge is 0.330 e. The number of nitrogens with one attached hydrogen (secondary N) is 1. The molecular formula is C34H38N2O9. The molecule has 0 amide bonds. The van der Waals surface area contributed by atoms with E-state index < -0.39 is 41.4 Å². The maximum Gasteiger partial charge on any atom is 0.330 e. The van der Waals surface area contributed by atoms with E-state index in [0.29, 0.717) is 11.5 Å². The summed E-state index contributed by atoms with van der Waals surface area (Å²) in [6.07, 6.45) is -4.97. The third-order valence-corrected chi connectivity index (χ3v) is 7.81. The van der Waals surface area contributed by atoms with E-state index in [1.807, 2.05) is 78.9 Å². The molecule has 1 aliphatic rings. The van der Waals surface area contributed by atoms with Gasteiger partial charge in [-0.2, -0.15) is 0 Å². The zero-order valence-corrected chi connectivity index (χ0v) is 25.6. The number of hydrogen-bond donors (Lipinski definition) is 2. The molecule has 3 aromatic carbocycles. The lowest BCUT2D eigenvalue weighted by molar-refractivity contribution is -0.0994. The van der Waals surface area contributed by atoms with Crippen LogP contribution in [0.3, 0.4) is 0 Å². The summed E-state index contributed by atoms with van der Waals surface area (Å²) >= 11 is 0. The number of aryl methyl sites for hydroxylation is 1. The molecule has 0 aliphatic carbocycles. The summed E-state index contributed by atoms with van der Waals surface area (Å²) in [6.45, 7) is 1.42. The van der Waals surface area contributed by atoms with Crippen LogP contribution in [-0.2, 0) is 24.5 Å². The Bertz CT molecular complexity index is 1660. The van der Waals surface area contributed by atoms with Crippen LogP contribution in [-0.4, -0.2) is 74.1 Å². The van der Waals surface area contributed by atoms with E-state index in [9.17, 15) is 14.7 Å². The van der Waals surface area contributed by atoms with E-state index in [1.54, 1.807) is 14.2 Å². The Balaban J connectivity index is 1.60. The van der Waals surface area contributed by atoms with Gasteiger partial charge < -0.3 is 33.5 Å². The molecule has 11 nitrogen and oxygen atoms in total. The third-order valence-electron chi connectivity index (χ3n) is 7.81. The van der Waals surface area contributed by atoms with E-state index in [2.05, 4.69) is 4.98 Å². The van der Waals surface area contributed by atoms with Gasteiger partial charge in [0.05, 0.1) is 35.4 Å². The molecule has 2 heterocycles. The molecule has 4 aromatic rings. The van der Waals surface area contributed by atoms with Gasteiger partial charge in [0.1, 0.15) is 35.4 Å². The van der Waals surface area contributed by atoms with Gasteiger partial charge in [-0.3, -0.25) is 14.3 Å². The molecule has 45 heavy (non-hydrogen) atoms. The fourth-order valence-electron chi connectivity index (χ4n) is 5.45. The topological polar surface area (TPSA) is 130 Å². The summed E-state index contributed by atoms with van der Waals surface area (Å²) in [5.74, 6) is 1.31. The lowest BCUT2D eigenvalue weighted by Crippen LogP contribution is -2.41. The highest BCUT2D eigenvalue weighted by Crippen LogP contribution is 2.43. The number of aromatic amines is 1. The van der Waals surface area contributed by atoms with Crippen LogP contribution in [0, 0.1) is 6.92 Å². The quantitative estimate of drug-likeness (QED) is 0.171. The normalized spacial score (nSPS) is 21.8. The molecule has 1 aliphatic heterocycles. The molecule has 0 saturated carbocycles. The Morgan fingerprint density at radius 2 is 1.47 bits per heavy atom. The van der Waals surface area contributed by atoms with Crippen LogP contribution < -0.4 is 20.7 Å². The van der Waals surface area contributed by atoms with Crippen molar-refractivity contribution in [2.24, 2.45) is 0 Å². The SMILES string of the molecule is [2H][C@@]1(O)[C@@H](COC(c2ccccc2)(c2ccc(OC)cc2)c2ccc(OC)cc2)O[C@@H](n2cc(C)c(=O)[nH]c2=O)[C@@H]1OCCOC. The molecule has 1 aromatic heterocycles. The molecule has 4 atom stereocenters. The van der Waals surface area contributed by atoms with Crippen LogP contribution >= 0.6 is 0 Å². The Kier molecular flexibility index (Phi) is 9.72. The van der Waals surface area contributed by atoms with Gasteiger partial charge in [-0.05, 0) is 47.9 Å². The predicted octanol–water partition coefficient (Wildman–Crippen LogP) is 3.16. The fraction of sp³-hybridized carbons (Fsp3) is 0.353. The standard InChI is InChI=1S/C34H38N2O9/c1-22-20-36(33(39)35-31(22)38)32-30(43-19-18-40-2)29(37)28(45-32)21-44-34(23-8-6-5-7-9-23,24-10-14-26(41-3)15-11-24)25-12-16-27(42-4)17-13-25/h5-17,20,28-30,32,37H,18-19,21H2,1-4H3,(H,35,38,39)/t28-,29-,30-,32-/m1/s1/i29D. The average Bonchev–Trinajstić information content (AvgIpc) is 3.32. The van der Waals surface area contributed by atoms with E-state index in [4.69, 9.17) is 29.8 Å². The summed E-state index contributed by atoms with van der Waals surface area (Å²) in [4.78, 5) is 27.3. The average molecular weight is 620 g/mol. The van der Waals surface area contributed by atoms with Crippen LogP contribution in [0.15, 0.2) is 94.6 Å². The van der Waals surface area contributed by atoms with Crippen LogP contribution in [0.1, 0.15) is 29.9 Å². The minimum absolute atomic E-state index is 0.0124. The molecular weight excluding hydrogens is 580 g/mol. The lowest BCUT2D eigenvalue weighted by atomic mass is 9.80. The Labute approximate surface area is 262 Å². The first-order chi connectivity index (χ1) is 22.1. The molecule has 0 bridgehead atoms. The van der Waals surface area contributed by atoms with Crippen LogP contribution in [0.4, 0.5) is 0 Å². The van der Waals surface area contributed by atoms with Gasteiger partial charge >= 0.3 is 5.69 Å². The summed E-state index contributed by atoms with van der Waals surface area (Å²) in [5.41, 5.74) is -0.0730. The fourth-order valence-corrected chi connectivity index (χ4v) is 5.45. The van der Waals surface area contributed by atoms with Crippen molar-refractivity contribution in [3.05, 3.63) is 128 Å². The van der Waals surface area contributed by atoms with E-state index >= 15 is 0 Å². The summed E-state index contributed by atoms with van der Waals surface area (Å²) in [5, 5.41) is 11.7. The van der Waals surface area contributed by atoms with Crippen LogP contribution in [0.25, 0.3) is 0 Å². The molecule has 1 saturated heterocycles. The zero-order valence-electron chi connectivity index (χ0n) is 26.6. The summed E-state index contributed by atoms with van der Waals surface area (Å²) in [7, 11) is 4.66. The van der Waals surface area contributed by atoms with Crippen molar-refractivity contribution in [3.63, 3.8) is 0 Å². The van der Waals surface area contributed by atoms with Gasteiger partial charge in [0.15, 0.2) is 6.23 Å². The number of nitrogens with zero attached hydrogens (tertiary/aromatic N) is 1. The van der Waals surface area contributed by atoms with Crippen LogP contribution in [0.2, 0.25) is 0 Å². The van der Waals surface area contributed by atoms with Gasteiger partial charge in [-0.15, -0.1) is 0 Å². The monoisotopic (exact) mass is 619 g/mol. The highest BCUT2D eigenvalue weighted by atomic mass is 16.6. The van der Waals surface area contributed by atoms with Gasteiger partial charge in [-0.1, -0.05) is 54.6 Å². The second-order valence-electron chi connectivity index (χ2n) is 10.5. The third kappa shape index (κ3) is 6.58. The van der Waals surface area contributed by atoms with E-state index in [0.717, 1.165) is 21.3 Å². The number of methoxy groups -OCH3 is 3. The van der Waals surface area contributed by atoms with Crippen molar-refractivity contribution in [2.45, 2.75) is 37.0 Å². The van der Waals surface area contributed by atoms with Crippen molar-refractivity contribution in [2.75, 3.05) is 41.2 Å². The lowest BCUT2D eigenvalue weighted by Gasteiger charge is -2.37. The van der Waals surface area contributed by atoms with Crippen molar-refractivity contribution in [3.8, 4) is 11.5 Å². The van der Waals surface area contributed by atoms with E-state index in [-0.39, 0.29) is 25.4 Å². The van der Waals surface area contributed by atoms with E-state index in [1.165, 1.54) is 20.2 Å². The molecule has 11 heteroatoms. The van der Waals surface area contributed by atoms with Crippen LogP contribution in [0.5, 0.6) is 11.5 Å². The van der Waals surface area contributed by atoms with Crippen molar-refractivity contribution in [1.29, 1.82) is 0 Å². The number of H-pyrrole nitrogens is 1. The Morgan fingerprint density at radius 1 is 0.889 bits per heavy atom. The first-order valence-corrected chi connectivity index (χ1v) is 14.4. The first-order valence-electron chi connectivity index (χ1n) is 14.9. The minimum Gasteiger partial charge on any atom is -0.497 e. The number of hydrogen-bond acceptors (Lipinski definition) is 9. The molecule has 2 N–H and O–H groups in total. The molecule has 0 spiro atoms.